The van der Waals surface area contributed by atoms with E-state index in [1.165, 1.54) is 0 Å². The summed E-state index contributed by atoms with van der Waals surface area (Å²) in [5.74, 6) is 1.45. The fourth-order valence-corrected chi connectivity index (χ4v) is 2.83. The Hall–Kier alpha value is -3.11. The topological polar surface area (TPSA) is 37.8 Å². The van der Waals surface area contributed by atoms with Crippen molar-refractivity contribution in [3.63, 3.8) is 0 Å². The van der Waals surface area contributed by atoms with Gasteiger partial charge in [0.1, 0.15) is 5.82 Å². The molecule has 3 aromatic carbocycles. The van der Waals surface area contributed by atoms with Crippen molar-refractivity contribution in [2.75, 3.05) is 5.32 Å². The summed E-state index contributed by atoms with van der Waals surface area (Å²) in [6.45, 7) is 0. The molecule has 1 heterocycles. The zero-order chi connectivity index (χ0) is 17.8. The van der Waals surface area contributed by atoms with Crippen molar-refractivity contribution in [1.82, 2.24) is 9.97 Å². The first-order valence-electron chi connectivity index (χ1n) is 8.34. The van der Waals surface area contributed by atoms with Crippen molar-refractivity contribution in [1.29, 1.82) is 0 Å². The van der Waals surface area contributed by atoms with Gasteiger partial charge in [0.25, 0.3) is 0 Å². The van der Waals surface area contributed by atoms with Gasteiger partial charge < -0.3 is 5.32 Å². The van der Waals surface area contributed by atoms with E-state index in [0.29, 0.717) is 5.82 Å². The molecule has 0 atom stereocenters. The average Bonchev–Trinajstić information content (AvgIpc) is 2.71. The summed E-state index contributed by atoms with van der Waals surface area (Å²) in [5, 5.41) is 3.37. The molecule has 0 aliphatic heterocycles. The fraction of sp³-hybridized carbons (Fsp3) is 0. The Morgan fingerprint density at radius 3 is 1.92 bits per heavy atom. The molecule has 26 heavy (non-hydrogen) atoms. The minimum atomic E-state index is 0.695. The van der Waals surface area contributed by atoms with Crippen LogP contribution in [-0.4, -0.2) is 9.97 Å². The lowest BCUT2D eigenvalue weighted by Crippen LogP contribution is -1.99. The van der Waals surface area contributed by atoms with Crippen molar-refractivity contribution in [3.8, 4) is 22.6 Å². The van der Waals surface area contributed by atoms with E-state index in [1.54, 1.807) is 0 Å². The van der Waals surface area contributed by atoms with E-state index in [9.17, 15) is 0 Å². The zero-order valence-electron chi connectivity index (χ0n) is 14.0. The van der Waals surface area contributed by atoms with Crippen LogP contribution in [0.4, 0.5) is 11.5 Å². The average molecular weight is 355 g/mol. The van der Waals surface area contributed by atoms with E-state index in [4.69, 9.17) is 9.97 Å². The number of hydrogen-bond donors (Lipinski definition) is 2. The van der Waals surface area contributed by atoms with Crippen LogP contribution in [0.25, 0.3) is 22.6 Å². The number of nitrogens with one attached hydrogen (secondary N) is 1. The van der Waals surface area contributed by atoms with Crippen LogP contribution in [0, 0.1) is 0 Å². The van der Waals surface area contributed by atoms with Crippen molar-refractivity contribution in [3.05, 3.63) is 91.0 Å². The second-order valence-corrected chi connectivity index (χ2v) is 6.38. The summed E-state index contributed by atoms with van der Waals surface area (Å²) < 4.78 is 0. The molecule has 0 saturated carbocycles. The maximum atomic E-state index is 4.77. The van der Waals surface area contributed by atoms with Crippen LogP contribution in [0.2, 0.25) is 0 Å². The first-order chi connectivity index (χ1) is 12.8. The predicted molar refractivity (Wildman–Crippen MR) is 110 cm³/mol. The van der Waals surface area contributed by atoms with E-state index in [0.717, 1.165) is 33.2 Å². The number of rotatable bonds is 4. The van der Waals surface area contributed by atoms with Gasteiger partial charge in [-0.25, -0.2) is 9.97 Å². The highest BCUT2D eigenvalue weighted by molar-refractivity contribution is 7.80. The molecule has 0 aliphatic rings. The number of aromatic nitrogens is 2. The zero-order valence-corrected chi connectivity index (χ0v) is 14.9. The van der Waals surface area contributed by atoms with E-state index in [2.05, 4.69) is 30.1 Å². The molecule has 0 amide bonds. The second-order valence-electron chi connectivity index (χ2n) is 5.87. The number of thiol groups is 1. The molecule has 0 unspecified atom stereocenters. The van der Waals surface area contributed by atoms with Crippen LogP contribution >= 0.6 is 12.6 Å². The summed E-state index contributed by atoms with van der Waals surface area (Å²) in [6, 6.07) is 30.0. The number of hydrogen-bond acceptors (Lipinski definition) is 4. The van der Waals surface area contributed by atoms with Crippen molar-refractivity contribution < 1.29 is 0 Å². The van der Waals surface area contributed by atoms with Crippen LogP contribution in [0.15, 0.2) is 95.9 Å². The van der Waals surface area contributed by atoms with E-state index >= 15 is 0 Å². The minimum Gasteiger partial charge on any atom is -0.340 e. The van der Waals surface area contributed by atoms with Gasteiger partial charge in [0.05, 0.1) is 5.69 Å². The molecule has 0 aliphatic carbocycles. The van der Waals surface area contributed by atoms with E-state index < -0.39 is 0 Å². The quantitative estimate of drug-likeness (QED) is 0.451. The summed E-state index contributed by atoms with van der Waals surface area (Å²) in [5.41, 5.74) is 3.88. The molecule has 0 fully saturated rings. The van der Waals surface area contributed by atoms with Gasteiger partial charge in [-0.15, -0.1) is 12.6 Å². The highest BCUT2D eigenvalue weighted by Crippen LogP contribution is 2.26. The molecular weight excluding hydrogens is 338 g/mol. The van der Waals surface area contributed by atoms with Crippen molar-refractivity contribution >= 4 is 24.1 Å². The van der Waals surface area contributed by atoms with E-state index in [1.807, 2.05) is 78.9 Å². The Balaban J connectivity index is 1.78. The molecular formula is C22H17N3S. The van der Waals surface area contributed by atoms with Crippen LogP contribution in [0.5, 0.6) is 0 Å². The van der Waals surface area contributed by atoms with Crippen LogP contribution in [-0.2, 0) is 0 Å². The van der Waals surface area contributed by atoms with Gasteiger partial charge in [-0.2, -0.15) is 0 Å². The Kier molecular flexibility index (Phi) is 4.67. The highest BCUT2D eigenvalue weighted by Gasteiger charge is 2.09. The molecule has 3 nitrogen and oxygen atoms in total. The van der Waals surface area contributed by atoms with Gasteiger partial charge in [-0.3, -0.25) is 0 Å². The summed E-state index contributed by atoms with van der Waals surface area (Å²) >= 11 is 4.33. The lowest BCUT2D eigenvalue weighted by molar-refractivity contribution is 1.18. The Labute approximate surface area is 158 Å². The number of benzene rings is 3. The first-order valence-corrected chi connectivity index (χ1v) is 8.79. The van der Waals surface area contributed by atoms with Crippen molar-refractivity contribution in [2.24, 2.45) is 0 Å². The van der Waals surface area contributed by atoms with Crippen molar-refractivity contribution in [2.45, 2.75) is 4.90 Å². The molecule has 1 N–H and O–H groups in total. The summed E-state index contributed by atoms with van der Waals surface area (Å²) in [4.78, 5) is 10.4. The Morgan fingerprint density at radius 2 is 1.27 bits per heavy atom. The molecule has 0 bridgehead atoms. The highest BCUT2D eigenvalue weighted by atomic mass is 32.1. The van der Waals surface area contributed by atoms with Gasteiger partial charge in [0.2, 0.25) is 0 Å². The fourth-order valence-electron chi connectivity index (χ4n) is 2.68. The summed E-state index contributed by atoms with van der Waals surface area (Å²) in [6.07, 6.45) is 0. The smallest absolute Gasteiger partial charge is 0.162 e. The first kappa shape index (κ1) is 16.4. The minimum absolute atomic E-state index is 0.695. The van der Waals surface area contributed by atoms with Crippen LogP contribution in [0.1, 0.15) is 0 Å². The van der Waals surface area contributed by atoms with Crippen LogP contribution < -0.4 is 5.32 Å². The third-order valence-corrected chi connectivity index (χ3v) is 4.27. The molecule has 126 valence electrons. The molecule has 0 saturated heterocycles. The number of nitrogens with zero attached hydrogens (tertiary/aromatic N) is 2. The summed E-state index contributed by atoms with van der Waals surface area (Å²) in [7, 11) is 0. The third-order valence-electron chi connectivity index (χ3n) is 3.97. The van der Waals surface area contributed by atoms with Gasteiger partial charge >= 0.3 is 0 Å². The van der Waals surface area contributed by atoms with Gasteiger partial charge in [0, 0.05) is 27.8 Å². The third kappa shape index (κ3) is 3.76. The maximum absolute atomic E-state index is 4.77. The van der Waals surface area contributed by atoms with E-state index in [-0.39, 0.29) is 0 Å². The molecule has 0 radical (unpaired) electrons. The Morgan fingerprint density at radius 1 is 0.654 bits per heavy atom. The molecule has 1 aromatic heterocycles. The molecule has 4 rings (SSSR count). The lowest BCUT2D eigenvalue weighted by atomic mass is 10.1. The normalized spacial score (nSPS) is 10.5. The van der Waals surface area contributed by atoms with Gasteiger partial charge in [0.15, 0.2) is 5.82 Å². The standard InChI is InChI=1S/C22H17N3S/c26-19-13-11-18(12-14-19)23-21-15-20(16-7-3-1-4-8-16)24-22(25-21)17-9-5-2-6-10-17/h1-15,26H,(H,23,24,25). The molecule has 4 heteroatoms. The van der Waals surface area contributed by atoms with Crippen LogP contribution in [0.3, 0.4) is 0 Å². The second kappa shape index (κ2) is 7.42. The maximum Gasteiger partial charge on any atom is 0.162 e. The Bertz CT molecular complexity index is 943. The molecule has 0 spiro atoms. The molecule has 4 aromatic rings. The lowest BCUT2D eigenvalue weighted by Gasteiger charge is -2.11. The largest absolute Gasteiger partial charge is 0.340 e. The van der Waals surface area contributed by atoms with Gasteiger partial charge in [-0.05, 0) is 24.3 Å². The number of anilines is 2. The SMILES string of the molecule is Sc1ccc(Nc2cc(-c3ccccc3)nc(-c3ccccc3)n2)cc1. The monoisotopic (exact) mass is 355 g/mol. The van der Waals surface area contributed by atoms with Gasteiger partial charge in [-0.1, -0.05) is 60.7 Å². The predicted octanol–water partition coefficient (Wildman–Crippen LogP) is 5.84.